The van der Waals surface area contributed by atoms with Gasteiger partial charge < -0.3 is 15.3 Å². The van der Waals surface area contributed by atoms with Crippen LogP contribution in [0.25, 0.3) is 0 Å². The number of nitrogens with zero attached hydrogens (tertiary/aromatic N) is 1. The van der Waals surface area contributed by atoms with Crippen LogP contribution in [0.1, 0.15) is 13.3 Å². The molecule has 2 aliphatic rings. The van der Waals surface area contributed by atoms with Crippen LogP contribution in [-0.2, 0) is 4.79 Å². The fourth-order valence-corrected chi connectivity index (χ4v) is 3.00. The number of aliphatic carboxylic acids is 1. The lowest BCUT2D eigenvalue weighted by Gasteiger charge is -2.20. The molecule has 0 radical (unpaired) electrons. The zero-order valence-electron chi connectivity index (χ0n) is 9.18. The molecule has 0 aromatic heterocycles. The van der Waals surface area contributed by atoms with Crippen molar-refractivity contribution in [2.24, 2.45) is 11.8 Å². The Balaban J connectivity index is 1.81. The zero-order valence-corrected chi connectivity index (χ0v) is 10.00. The minimum Gasteiger partial charge on any atom is -0.480 e. The smallest absolute Gasteiger partial charge is 0.327 e. The monoisotopic (exact) mass is 244 g/mol. The number of carbonyl (C=O) groups excluding carboxylic acids is 1. The van der Waals surface area contributed by atoms with Gasteiger partial charge in [0.05, 0.1) is 5.88 Å². The Hall–Kier alpha value is -0.910. The van der Waals surface area contributed by atoms with Crippen molar-refractivity contribution in [3.05, 3.63) is 0 Å². The SMILES string of the molecule is CC1CC1CNC(=O)N1CSC[C@H]1C(=O)O. The third-order valence-corrected chi connectivity index (χ3v) is 4.23. The summed E-state index contributed by atoms with van der Waals surface area (Å²) in [6, 6.07) is -0.905. The van der Waals surface area contributed by atoms with Crippen LogP contribution in [0.5, 0.6) is 0 Å². The van der Waals surface area contributed by atoms with E-state index in [4.69, 9.17) is 5.11 Å². The van der Waals surface area contributed by atoms with E-state index in [0.29, 0.717) is 30.0 Å². The molecule has 2 unspecified atom stereocenters. The van der Waals surface area contributed by atoms with Gasteiger partial charge in [-0.1, -0.05) is 6.92 Å². The number of amides is 2. The van der Waals surface area contributed by atoms with Crippen molar-refractivity contribution in [3.8, 4) is 0 Å². The summed E-state index contributed by atoms with van der Waals surface area (Å²) in [4.78, 5) is 24.0. The molecule has 1 aliphatic heterocycles. The number of nitrogens with one attached hydrogen (secondary N) is 1. The maximum atomic E-state index is 11.7. The van der Waals surface area contributed by atoms with E-state index < -0.39 is 12.0 Å². The Kier molecular flexibility index (Phi) is 3.28. The van der Waals surface area contributed by atoms with Gasteiger partial charge in [0, 0.05) is 12.3 Å². The van der Waals surface area contributed by atoms with E-state index in [1.54, 1.807) is 0 Å². The van der Waals surface area contributed by atoms with Crippen LogP contribution in [-0.4, -0.2) is 46.2 Å². The third kappa shape index (κ3) is 2.42. The number of urea groups is 1. The minimum absolute atomic E-state index is 0.239. The van der Waals surface area contributed by atoms with Crippen molar-refractivity contribution >= 4 is 23.8 Å². The average Bonchev–Trinajstić information content (AvgIpc) is 2.78. The first-order valence-electron chi connectivity index (χ1n) is 5.44. The lowest BCUT2D eigenvalue weighted by molar-refractivity contribution is -0.140. The van der Waals surface area contributed by atoms with Crippen LogP contribution >= 0.6 is 11.8 Å². The predicted molar refractivity (Wildman–Crippen MR) is 61.3 cm³/mol. The van der Waals surface area contributed by atoms with E-state index >= 15 is 0 Å². The van der Waals surface area contributed by atoms with Gasteiger partial charge in [0.25, 0.3) is 0 Å². The van der Waals surface area contributed by atoms with Gasteiger partial charge >= 0.3 is 12.0 Å². The number of carbonyl (C=O) groups is 2. The summed E-state index contributed by atoms with van der Waals surface area (Å²) < 4.78 is 0. The normalized spacial score (nSPS) is 32.6. The summed E-state index contributed by atoms with van der Waals surface area (Å²) in [6.45, 7) is 2.83. The predicted octanol–water partition coefficient (Wildman–Crippen LogP) is 0.812. The van der Waals surface area contributed by atoms with Crippen LogP contribution in [0.3, 0.4) is 0 Å². The molecule has 16 heavy (non-hydrogen) atoms. The molecule has 2 amide bonds. The van der Waals surface area contributed by atoms with Gasteiger partial charge in [0.2, 0.25) is 0 Å². The summed E-state index contributed by atoms with van der Waals surface area (Å²) in [5.74, 6) is 1.33. The highest BCUT2D eigenvalue weighted by atomic mass is 32.2. The molecule has 2 N–H and O–H groups in total. The van der Waals surface area contributed by atoms with E-state index in [0.717, 1.165) is 6.42 Å². The van der Waals surface area contributed by atoms with Crippen molar-refractivity contribution in [2.75, 3.05) is 18.2 Å². The lowest BCUT2D eigenvalue weighted by Crippen LogP contribution is -2.47. The van der Waals surface area contributed by atoms with E-state index in [1.165, 1.54) is 16.7 Å². The molecular weight excluding hydrogens is 228 g/mol. The third-order valence-electron chi connectivity index (χ3n) is 3.22. The number of carboxylic acid groups (broad SMARTS) is 1. The summed E-state index contributed by atoms with van der Waals surface area (Å²) in [6.07, 6.45) is 1.16. The Morgan fingerprint density at radius 3 is 2.81 bits per heavy atom. The first kappa shape index (κ1) is 11.6. The van der Waals surface area contributed by atoms with Gasteiger partial charge in [-0.05, 0) is 18.3 Å². The minimum atomic E-state index is -0.917. The molecule has 1 saturated carbocycles. The van der Waals surface area contributed by atoms with E-state index in [-0.39, 0.29) is 6.03 Å². The number of rotatable bonds is 3. The number of hydrogen-bond acceptors (Lipinski definition) is 3. The molecule has 2 rings (SSSR count). The molecule has 1 aliphatic carbocycles. The molecular formula is C10H16N2O3S. The van der Waals surface area contributed by atoms with Gasteiger partial charge in [-0.3, -0.25) is 0 Å². The van der Waals surface area contributed by atoms with Crippen LogP contribution in [0.2, 0.25) is 0 Å². The highest BCUT2D eigenvalue weighted by molar-refractivity contribution is 7.99. The van der Waals surface area contributed by atoms with Gasteiger partial charge in [-0.15, -0.1) is 11.8 Å². The summed E-state index contributed by atoms with van der Waals surface area (Å²) >= 11 is 1.48. The second kappa shape index (κ2) is 4.53. The standard InChI is InChI=1S/C10H16N2O3S/c1-6-2-7(6)3-11-10(15)12-5-16-4-8(12)9(13)14/h6-8H,2-5H2,1H3,(H,11,15)(H,13,14)/t6?,7?,8-/m0/s1. The highest BCUT2D eigenvalue weighted by Gasteiger charge is 2.36. The van der Waals surface area contributed by atoms with Crippen LogP contribution < -0.4 is 5.32 Å². The van der Waals surface area contributed by atoms with Gasteiger partial charge in [0.1, 0.15) is 6.04 Å². The number of carboxylic acids is 1. The Labute approximate surface area is 98.6 Å². The molecule has 5 nitrogen and oxygen atoms in total. The quantitative estimate of drug-likeness (QED) is 0.771. The van der Waals surface area contributed by atoms with Gasteiger partial charge in [0.15, 0.2) is 0 Å². The molecule has 0 aromatic carbocycles. The van der Waals surface area contributed by atoms with Gasteiger partial charge in [-0.25, -0.2) is 9.59 Å². The van der Waals surface area contributed by atoms with E-state index in [9.17, 15) is 9.59 Å². The van der Waals surface area contributed by atoms with Crippen LogP contribution in [0, 0.1) is 11.8 Å². The molecule has 3 atom stereocenters. The fraction of sp³-hybridized carbons (Fsp3) is 0.800. The maximum absolute atomic E-state index is 11.7. The molecule has 2 fully saturated rings. The first-order chi connectivity index (χ1) is 7.59. The number of hydrogen-bond donors (Lipinski definition) is 2. The summed E-state index contributed by atoms with van der Waals surface area (Å²) in [5, 5.41) is 11.7. The average molecular weight is 244 g/mol. The molecule has 1 heterocycles. The largest absolute Gasteiger partial charge is 0.480 e. The van der Waals surface area contributed by atoms with Gasteiger partial charge in [-0.2, -0.15) is 0 Å². The Morgan fingerprint density at radius 2 is 2.25 bits per heavy atom. The molecule has 0 spiro atoms. The molecule has 1 saturated heterocycles. The fourth-order valence-electron chi connectivity index (χ4n) is 1.85. The lowest BCUT2D eigenvalue weighted by atomic mass is 10.3. The van der Waals surface area contributed by atoms with Crippen molar-refractivity contribution in [1.29, 1.82) is 0 Å². The topological polar surface area (TPSA) is 69.6 Å². The summed E-state index contributed by atoms with van der Waals surface area (Å²) in [5.41, 5.74) is 0. The van der Waals surface area contributed by atoms with Crippen molar-refractivity contribution in [1.82, 2.24) is 10.2 Å². The molecule has 6 heteroatoms. The zero-order chi connectivity index (χ0) is 11.7. The molecule has 0 aromatic rings. The van der Waals surface area contributed by atoms with Crippen molar-refractivity contribution in [3.63, 3.8) is 0 Å². The second-order valence-electron chi connectivity index (χ2n) is 4.48. The highest BCUT2D eigenvalue weighted by Crippen LogP contribution is 2.36. The van der Waals surface area contributed by atoms with Crippen molar-refractivity contribution < 1.29 is 14.7 Å². The second-order valence-corrected chi connectivity index (χ2v) is 5.48. The maximum Gasteiger partial charge on any atom is 0.327 e. The van der Waals surface area contributed by atoms with Crippen LogP contribution in [0.4, 0.5) is 4.79 Å². The van der Waals surface area contributed by atoms with E-state index in [1.807, 2.05) is 0 Å². The number of thioether (sulfide) groups is 1. The van der Waals surface area contributed by atoms with Crippen LogP contribution in [0.15, 0.2) is 0 Å². The summed E-state index contributed by atoms with van der Waals surface area (Å²) in [7, 11) is 0. The van der Waals surface area contributed by atoms with Crippen molar-refractivity contribution in [2.45, 2.75) is 19.4 Å². The molecule has 90 valence electrons. The Bertz CT molecular complexity index is 310. The Morgan fingerprint density at radius 1 is 1.56 bits per heavy atom. The first-order valence-corrected chi connectivity index (χ1v) is 6.60. The molecule has 0 bridgehead atoms. The van der Waals surface area contributed by atoms with E-state index in [2.05, 4.69) is 12.2 Å².